The Labute approximate surface area is 363 Å². The minimum absolute atomic E-state index is 0.357. The Bertz CT molecular complexity index is 1680. The number of alkyl halides is 1. The van der Waals surface area contributed by atoms with Crippen LogP contribution in [0, 0.1) is 18.3 Å². The van der Waals surface area contributed by atoms with E-state index in [1.807, 2.05) is 51.1 Å². The number of carbonyl (C=O) groups excluding carboxylic acids is 1. The van der Waals surface area contributed by atoms with Gasteiger partial charge in [-0.05, 0) is 95.4 Å². The molecule has 5 rings (SSSR count). The molecule has 4 unspecified atom stereocenters. The van der Waals surface area contributed by atoms with Gasteiger partial charge in [-0.25, -0.2) is 4.39 Å². The Morgan fingerprint density at radius 1 is 0.898 bits per heavy atom. The molecule has 3 aromatic rings. The predicted molar refractivity (Wildman–Crippen MR) is 264 cm³/mol. The van der Waals surface area contributed by atoms with E-state index in [0.29, 0.717) is 29.5 Å². The van der Waals surface area contributed by atoms with Crippen molar-refractivity contribution in [3.05, 3.63) is 143 Å². The molecule has 0 bridgehead atoms. The van der Waals surface area contributed by atoms with Gasteiger partial charge in [0.2, 0.25) is 0 Å². The summed E-state index contributed by atoms with van der Waals surface area (Å²) >= 11 is 0. The molecule has 3 aromatic carbocycles. The van der Waals surface area contributed by atoms with Crippen LogP contribution < -0.4 is 5.46 Å². The van der Waals surface area contributed by atoms with Gasteiger partial charge in [-0.3, -0.25) is 0 Å². The number of benzene rings is 3. The van der Waals surface area contributed by atoms with E-state index < -0.39 is 6.17 Å². The number of halogens is 1. The molecule has 0 saturated heterocycles. The average molecular weight is 805 g/mol. The van der Waals surface area contributed by atoms with Gasteiger partial charge >= 0.3 is 98.5 Å². The third-order valence-electron chi connectivity index (χ3n) is 12.1. The molecule has 4 atom stereocenters. The largest absolute Gasteiger partial charge is 0.400 e. The molecule has 2 aliphatic rings. The van der Waals surface area contributed by atoms with Gasteiger partial charge in [0.15, 0.2) is 12.5 Å². The summed E-state index contributed by atoms with van der Waals surface area (Å²) in [5.74, 6) is 1.52. The van der Waals surface area contributed by atoms with Crippen molar-refractivity contribution in [2.24, 2.45) is 11.3 Å². The second kappa shape index (κ2) is 31.1. The average Bonchev–Trinajstić information content (AvgIpc) is 3.27. The number of aliphatic hydroxyl groups excluding tert-OH is 1. The van der Waals surface area contributed by atoms with Gasteiger partial charge in [0, 0.05) is 7.11 Å². The monoisotopic (exact) mass is 805 g/mol. The van der Waals surface area contributed by atoms with Crippen LogP contribution in [0.25, 0.3) is 6.08 Å². The van der Waals surface area contributed by atoms with E-state index in [0.717, 1.165) is 38.7 Å². The summed E-state index contributed by atoms with van der Waals surface area (Å²) in [6.45, 7) is 34.3. The second-order valence-corrected chi connectivity index (χ2v) is 16.4. The van der Waals surface area contributed by atoms with Gasteiger partial charge in [0.25, 0.3) is 0 Å². The fourth-order valence-corrected chi connectivity index (χ4v) is 8.35. The molecule has 1 N–H and O–H groups in total. The number of allylic oxidation sites excluding steroid dienone is 5. The molecule has 1 fully saturated rings. The van der Waals surface area contributed by atoms with Crippen LogP contribution in [0.3, 0.4) is 0 Å². The number of fused-ring (bicyclic) bond motifs is 3. The molecule has 0 amide bonds. The first-order chi connectivity index (χ1) is 28.4. The van der Waals surface area contributed by atoms with E-state index in [1.54, 1.807) is 11.1 Å². The summed E-state index contributed by atoms with van der Waals surface area (Å²) in [7, 11) is 1.00. The fraction of sp³-hybridized carbons (Fsp3) is 0.491. The third kappa shape index (κ3) is 18.5. The van der Waals surface area contributed by atoms with E-state index in [4.69, 9.17) is 5.11 Å². The van der Waals surface area contributed by atoms with E-state index in [9.17, 15) is 9.18 Å². The number of rotatable bonds is 12. The van der Waals surface area contributed by atoms with Crippen LogP contribution in [0.1, 0.15) is 159 Å². The number of hydrogen-bond donors (Lipinski definition) is 1. The van der Waals surface area contributed by atoms with Gasteiger partial charge in [-0.1, -0.05) is 124 Å². The molecule has 2 aliphatic carbocycles. The Morgan fingerprint density at radius 2 is 1.54 bits per heavy atom. The van der Waals surface area contributed by atoms with Crippen molar-refractivity contribution >= 4 is 31.2 Å². The zero-order valence-corrected chi connectivity index (χ0v) is 39.3. The zero-order valence-electron chi connectivity index (χ0n) is 39.3. The molecule has 1 saturated carbocycles. The first-order valence-electron chi connectivity index (χ1n) is 22.3. The van der Waals surface area contributed by atoms with E-state index in [1.165, 1.54) is 71.8 Å². The van der Waals surface area contributed by atoms with Crippen molar-refractivity contribution in [3.8, 4) is 0 Å². The van der Waals surface area contributed by atoms with Crippen LogP contribution in [-0.2, 0) is 29.5 Å². The van der Waals surface area contributed by atoms with Crippen molar-refractivity contribution in [1.82, 2.24) is 0 Å². The number of carbonyl (C=O) groups is 1. The molecule has 0 heterocycles. The minimum Gasteiger partial charge on any atom is -0.400 e. The van der Waals surface area contributed by atoms with E-state index >= 15 is 0 Å². The van der Waals surface area contributed by atoms with Gasteiger partial charge in [0.05, 0.1) is 0 Å². The van der Waals surface area contributed by atoms with Gasteiger partial charge in [-0.2, -0.15) is 0 Å². The molecule has 0 aliphatic heterocycles. The molecule has 0 radical (unpaired) electrons. The van der Waals surface area contributed by atoms with Crippen LogP contribution >= 0.6 is 0 Å². The van der Waals surface area contributed by atoms with E-state index in [2.05, 4.69) is 142 Å². The maximum atomic E-state index is 12.0. The molecule has 4 heteroatoms. The first kappa shape index (κ1) is 55.1. The normalized spacial score (nSPS) is 19.4. The maximum absolute atomic E-state index is 12.0. The molecular formula is C55H82BFO2. The van der Waals surface area contributed by atoms with Crippen LogP contribution in [0.2, 0.25) is 0 Å². The van der Waals surface area contributed by atoms with Gasteiger partial charge in [-0.15, -0.1) is 13.2 Å². The van der Waals surface area contributed by atoms with Crippen molar-refractivity contribution in [2.45, 2.75) is 157 Å². The minimum atomic E-state index is -1.23. The number of aliphatic hydroxyl groups is 1. The summed E-state index contributed by atoms with van der Waals surface area (Å²) in [6.07, 6.45) is 24.0. The Balaban J connectivity index is 0.000000785. The Hall–Kier alpha value is -3.89. The third-order valence-corrected chi connectivity index (χ3v) is 12.1. The molecular weight excluding hydrogens is 722 g/mol. The number of unbranched alkanes of at least 4 members (excludes halogenated alkanes) is 1. The zero-order chi connectivity index (χ0) is 44.9. The Morgan fingerprint density at radius 3 is 2.08 bits per heavy atom. The summed E-state index contributed by atoms with van der Waals surface area (Å²) < 4.78 is 12.0. The predicted octanol–water partition coefficient (Wildman–Crippen LogP) is 14.1. The Kier molecular flexibility index (Phi) is 29.0. The van der Waals surface area contributed by atoms with Gasteiger partial charge in [0.1, 0.15) is 0 Å². The van der Waals surface area contributed by atoms with Crippen LogP contribution in [-0.4, -0.2) is 38.1 Å². The summed E-state index contributed by atoms with van der Waals surface area (Å²) in [5.41, 5.74) is 12.4. The van der Waals surface area contributed by atoms with Crippen molar-refractivity contribution in [1.29, 1.82) is 0 Å². The summed E-state index contributed by atoms with van der Waals surface area (Å²) in [5, 5.41) is 7.00. The fourth-order valence-electron chi connectivity index (χ4n) is 8.35. The first-order valence-corrected chi connectivity index (χ1v) is 22.3. The number of aryl methyl sites for hydroxylation is 4. The van der Waals surface area contributed by atoms with E-state index in [-0.39, 0.29) is 0 Å². The van der Waals surface area contributed by atoms with Crippen LogP contribution in [0.5, 0.6) is 0 Å². The van der Waals surface area contributed by atoms with Crippen LogP contribution in [0.4, 0.5) is 4.39 Å². The number of aldehydes is 1. The molecule has 2 nitrogen and oxygen atoms in total. The molecule has 59 heavy (non-hydrogen) atoms. The quantitative estimate of drug-likeness (QED) is 0.0857. The van der Waals surface area contributed by atoms with Gasteiger partial charge < -0.3 is 9.90 Å². The van der Waals surface area contributed by atoms with Crippen molar-refractivity contribution < 1.29 is 14.3 Å². The standard InChI is InChI=1S/C21H32.C15H17B.C10H14.C6H11FO.C2H4.CH4O/c1-6-20(4)12-7-13-21(5)18-10-8-16(15(2)3)14-17(18)9-11-19(20)21;1-4-5-6-7-8-9-14-11-10-13(2)15(12-14)16-3;1-3-9-6-5-7-10(4-2)8-9;1-2-3-4-6(7)5-8;2*1-2/h8,10,14-15,19H,6-7,9,11-13H2,1-5H3;4-12H,3H2,1-2H3;5-8H,3-4H2,1-2H3;5-6H,2-4H2,1H3;1-2H2;2H,1H3/b;5-4-,7-6-,9-8+;;;;. The topological polar surface area (TPSA) is 37.3 Å². The molecule has 0 spiro atoms. The summed E-state index contributed by atoms with van der Waals surface area (Å²) in [6, 6.07) is 22.5. The van der Waals surface area contributed by atoms with Crippen molar-refractivity contribution in [3.63, 3.8) is 0 Å². The molecule has 0 aromatic heterocycles. The number of hydrogen-bond acceptors (Lipinski definition) is 2. The van der Waals surface area contributed by atoms with Crippen molar-refractivity contribution in [2.75, 3.05) is 7.11 Å². The summed E-state index contributed by atoms with van der Waals surface area (Å²) in [4.78, 5) is 9.64. The van der Waals surface area contributed by atoms with Crippen LogP contribution in [0.15, 0.2) is 104 Å². The molecule has 324 valence electrons. The smallest absolute Gasteiger partial charge is 0.155 e. The second-order valence-electron chi connectivity index (χ2n) is 16.4. The SMILES string of the molecule is C=Bc1cc(/C=C/C=C\C=C/C)ccc1C.C=C.CCC1(C)CCCC2(C)c3ccc(C(C)C)cc3CCC12.CCCCC(F)C=O.CCc1cccc(CC)c1.CO. The maximum Gasteiger partial charge on any atom is 0.155 e.